The Labute approximate surface area is 149 Å². The van der Waals surface area contributed by atoms with Crippen LogP contribution in [0.1, 0.15) is 37.9 Å². The van der Waals surface area contributed by atoms with Gasteiger partial charge >= 0.3 is 6.09 Å². The second kappa shape index (κ2) is 8.47. The fourth-order valence-corrected chi connectivity index (χ4v) is 2.66. The van der Waals surface area contributed by atoms with Gasteiger partial charge in [0.2, 0.25) is 0 Å². The quantitative estimate of drug-likeness (QED) is 0.798. The molecule has 25 heavy (non-hydrogen) atoms. The number of rotatable bonds is 6. The van der Waals surface area contributed by atoms with E-state index in [9.17, 15) is 9.59 Å². The fourth-order valence-electron chi connectivity index (χ4n) is 2.66. The van der Waals surface area contributed by atoms with Gasteiger partial charge in [-0.2, -0.15) is 0 Å². The Balaban J connectivity index is 2.23. The van der Waals surface area contributed by atoms with E-state index in [0.29, 0.717) is 6.42 Å². The first-order chi connectivity index (χ1) is 11.9. The van der Waals surface area contributed by atoms with Crippen molar-refractivity contribution in [2.75, 3.05) is 0 Å². The molecule has 0 fully saturated rings. The average molecular weight is 339 g/mol. The molecule has 0 aliphatic heterocycles. The zero-order valence-corrected chi connectivity index (χ0v) is 14.9. The predicted molar refractivity (Wildman–Crippen MR) is 98.3 cm³/mol. The first kappa shape index (κ1) is 18.7. The van der Waals surface area contributed by atoms with Crippen molar-refractivity contribution in [2.24, 2.45) is 5.92 Å². The number of aldehydes is 1. The molecule has 1 amide bonds. The van der Waals surface area contributed by atoms with Crippen LogP contribution in [0.4, 0.5) is 4.79 Å². The minimum absolute atomic E-state index is 0.391. The SMILES string of the molecule is CC(C)(C)OC(=O)N[C@H](c1ccccc1)[C@H](C=O)Cc1ccccc1. The maximum absolute atomic E-state index is 12.3. The lowest BCUT2D eigenvalue weighted by atomic mass is 9.89. The molecule has 0 aromatic heterocycles. The van der Waals surface area contributed by atoms with Gasteiger partial charge in [0.1, 0.15) is 11.9 Å². The zero-order valence-electron chi connectivity index (χ0n) is 14.9. The molecule has 1 N–H and O–H groups in total. The van der Waals surface area contributed by atoms with E-state index in [0.717, 1.165) is 17.4 Å². The number of hydrogen-bond donors (Lipinski definition) is 1. The van der Waals surface area contributed by atoms with Crippen molar-refractivity contribution in [3.8, 4) is 0 Å². The molecule has 0 saturated carbocycles. The molecule has 0 bridgehead atoms. The third-order valence-electron chi connectivity index (χ3n) is 3.75. The van der Waals surface area contributed by atoms with Crippen molar-refractivity contribution < 1.29 is 14.3 Å². The molecule has 0 aliphatic rings. The summed E-state index contributed by atoms with van der Waals surface area (Å²) >= 11 is 0. The molecule has 4 nitrogen and oxygen atoms in total. The first-order valence-electron chi connectivity index (χ1n) is 8.43. The van der Waals surface area contributed by atoms with Crippen molar-refractivity contribution in [2.45, 2.75) is 38.8 Å². The highest BCUT2D eigenvalue weighted by molar-refractivity contribution is 5.70. The van der Waals surface area contributed by atoms with E-state index < -0.39 is 23.7 Å². The maximum atomic E-state index is 12.3. The highest BCUT2D eigenvalue weighted by Gasteiger charge is 2.27. The number of nitrogens with one attached hydrogen (secondary N) is 1. The van der Waals surface area contributed by atoms with Gasteiger partial charge in [0.15, 0.2) is 0 Å². The molecule has 2 atom stereocenters. The largest absolute Gasteiger partial charge is 0.444 e. The summed E-state index contributed by atoms with van der Waals surface area (Å²) in [4.78, 5) is 24.1. The molecule has 0 radical (unpaired) electrons. The molecule has 2 rings (SSSR count). The van der Waals surface area contributed by atoms with Gasteiger partial charge in [-0.3, -0.25) is 0 Å². The lowest BCUT2D eigenvalue weighted by molar-refractivity contribution is -0.111. The molecule has 132 valence electrons. The van der Waals surface area contributed by atoms with Gasteiger partial charge in [-0.05, 0) is 38.3 Å². The highest BCUT2D eigenvalue weighted by atomic mass is 16.6. The third-order valence-corrected chi connectivity index (χ3v) is 3.75. The lowest BCUT2D eigenvalue weighted by Gasteiger charge is -2.27. The van der Waals surface area contributed by atoms with Gasteiger partial charge in [0.25, 0.3) is 0 Å². The van der Waals surface area contributed by atoms with E-state index in [1.165, 1.54) is 0 Å². The van der Waals surface area contributed by atoms with E-state index in [-0.39, 0.29) is 0 Å². The molecule has 4 heteroatoms. The molecule has 0 saturated heterocycles. The van der Waals surface area contributed by atoms with Gasteiger partial charge < -0.3 is 14.8 Å². The van der Waals surface area contributed by atoms with Crippen molar-refractivity contribution >= 4 is 12.4 Å². The monoisotopic (exact) mass is 339 g/mol. The van der Waals surface area contributed by atoms with Crippen molar-refractivity contribution in [3.63, 3.8) is 0 Å². The Hall–Kier alpha value is -2.62. The Morgan fingerprint density at radius 2 is 1.60 bits per heavy atom. The normalized spacial score (nSPS) is 13.6. The van der Waals surface area contributed by atoms with E-state index in [4.69, 9.17) is 4.74 Å². The summed E-state index contributed by atoms with van der Waals surface area (Å²) in [6.45, 7) is 5.43. The van der Waals surface area contributed by atoms with Gasteiger partial charge in [0.05, 0.1) is 6.04 Å². The Bertz CT molecular complexity index is 677. The van der Waals surface area contributed by atoms with Crippen LogP contribution in [0.25, 0.3) is 0 Å². The molecule has 0 spiro atoms. The van der Waals surface area contributed by atoms with Crippen molar-refractivity contribution in [1.29, 1.82) is 0 Å². The fraction of sp³-hybridized carbons (Fsp3) is 0.333. The number of alkyl carbamates (subject to hydrolysis) is 1. The van der Waals surface area contributed by atoms with Crippen LogP contribution in [0.3, 0.4) is 0 Å². The summed E-state index contributed by atoms with van der Waals surface area (Å²) < 4.78 is 5.37. The van der Waals surface area contributed by atoms with Gasteiger partial charge in [-0.25, -0.2) is 4.79 Å². The number of benzene rings is 2. The van der Waals surface area contributed by atoms with E-state index >= 15 is 0 Å². The number of carbonyl (C=O) groups excluding carboxylic acids is 2. The standard InChI is InChI=1S/C21H25NO3/c1-21(2,3)25-20(24)22-19(17-12-8-5-9-13-17)18(15-23)14-16-10-6-4-7-11-16/h4-13,15,18-19H,14H2,1-3H3,(H,22,24)/t18-,19+/m0/s1. The summed E-state index contributed by atoms with van der Waals surface area (Å²) in [6.07, 6.45) is 0.920. The van der Waals surface area contributed by atoms with Crippen LogP contribution >= 0.6 is 0 Å². The van der Waals surface area contributed by atoms with Crippen LogP contribution in [-0.2, 0) is 16.0 Å². The second-order valence-corrected chi connectivity index (χ2v) is 7.02. The summed E-state index contributed by atoms with van der Waals surface area (Å²) in [5, 5.41) is 2.87. The predicted octanol–water partition coefficient (Wildman–Crippen LogP) is 4.31. The molecule has 2 aromatic carbocycles. The molecular formula is C21H25NO3. The Kier molecular flexibility index (Phi) is 6.34. The lowest BCUT2D eigenvalue weighted by Crippen LogP contribution is -2.38. The maximum Gasteiger partial charge on any atom is 0.408 e. The average Bonchev–Trinajstić information content (AvgIpc) is 2.58. The first-order valence-corrected chi connectivity index (χ1v) is 8.43. The summed E-state index contributed by atoms with van der Waals surface area (Å²) in [5.74, 6) is -0.391. The summed E-state index contributed by atoms with van der Waals surface area (Å²) in [6, 6.07) is 18.8. The van der Waals surface area contributed by atoms with Crippen molar-refractivity contribution in [3.05, 3.63) is 71.8 Å². The van der Waals surface area contributed by atoms with E-state index in [1.54, 1.807) is 0 Å². The molecule has 0 aliphatic carbocycles. The van der Waals surface area contributed by atoms with Crippen LogP contribution < -0.4 is 5.32 Å². The third kappa shape index (κ3) is 6.07. The van der Waals surface area contributed by atoms with Crippen LogP contribution in [0, 0.1) is 5.92 Å². The second-order valence-electron chi connectivity index (χ2n) is 7.02. The molecule has 0 unspecified atom stereocenters. The molecule has 2 aromatic rings. The summed E-state index contributed by atoms with van der Waals surface area (Å²) in [5.41, 5.74) is 1.33. The minimum atomic E-state index is -0.596. The zero-order chi connectivity index (χ0) is 18.3. The van der Waals surface area contributed by atoms with Crippen LogP contribution in [0.15, 0.2) is 60.7 Å². The highest BCUT2D eigenvalue weighted by Crippen LogP contribution is 2.25. The van der Waals surface area contributed by atoms with Gasteiger partial charge in [0, 0.05) is 5.92 Å². The van der Waals surface area contributed by atoms with Gasteiger partial charge in [-0.15, -0.1) is 0 Å². The number of hydrogen-bond acceptors (Lipinski definition) is 3. The van der Waals surface area contributed by atoms with E-state index in [2.05, 4.69) is 5.32 Å². The molecule has 0 heterocycles. The van der Waals surface area contributed by atoms with E-state index in [1.807, 2.05) is 81.4 Å². The number of ether oxygens (including phenoxy) is 1. The van der Waals surface area contributed by atoms with Crippen molar-refractivity contribution in [1.82, 2.24) is 5.32 Å². The Morgan fingerprint density at radius 1 is 1.04 bits per heavy atom. The van der Waals surface area contributed by atoms with Crippen LogP contribution in [-0.4, -0.2) is 18.0 Å². The molecular weight excluding hydrogens is 314 g/mol. The topological polar surface area (TPSA) is 55.4 Å². The van der Waals surface area contributed by atoms with Crippen LogP contribution in [0.5, 0.6) is 0 Å². The number of amides is 1. The summed E-state index contributed by atoms with van der Waals surface area (Å²) in [7, 11) is 0. The number of carbonyl (C=O) groups is 2. The van der Waals surface area contributed by atoms with Gasteiger partial charge in [-0.1, -0.05) is 60.7 Å². The smallest absolute Gasteiger partial charge is 0.408 e. The van der Waals surface area contributed by atoms with Crippen LogP contribution in [0.2, 0.25) is 0 Å². The Morgan fingerprint density at radius 3 is 2.12 bits per heavy atom. The minimum Gasteiger partial charge on any atom is -0.444 e.